The molecule has 0 spiro atoms. The summed E-state index contributed by atoms with van der Waals surface area (Å²) in [6, 6.07) is 12.9. The molecule has 98 valence electrons. The van der Waals surface area contributed by atoms with Crippen LogP contribution in [0.1, 0.15) is 21.5 Å². The zero-order chi connectivity index (χ0) is 13.8. The number of benzene rings is 2. The molecule has 4 heteroatoms. The van der Waals surface area contributed by atoms with Gasteiger partial charge in [-0.1, -0.05) is 29.8 Å². The highest BCUT2D eigenvalue weighted by molar-refractivity contribution is 14.1. The fourth-order valence-electron chi connectivity index (χ4n) is 1.59. The van der Waals surface area contributed by atoms with Crippen molar-refractivity contribution in [1.82, 2.24) is 0 Å². The van der Waals surface area contributed by atoms with Gasteiger partial charge in [-0.2, -0.15) is 0 Å². The molecule has 0 radical (unpaired) electrons. The third-order valence-electron chi connectivity index (χ3n) is 2.69. The van der Waals surface area contributed by atoms with Gasteiger partial charge in [-0.15, -0.1) is 0 Å². The van der Waals surface area contributed by atoms with Crippen LogP contribution in [0.25, 0.3) is 0 Å². The highest BCUT2D eigenvalue weighted by atomic mass is 127. The molecule has 0 bridgehead atoms. The lowest BCUT2D eigenvalue weighted by Crippen LogP contribution is -2.01. The first kappa shape index (κ1) is 13.9. The molecule has 2 aromatic rings. The maximum Gasteiger partial charge on any atom is 0.335 e. The molecule has 0 atom stereocenters. The Balaban J connectivity index is 2.12. The van der Waals surface area contributed by atoms with E-state index in [4.69, 9.17) is 9.84 Å². The van der Waals surface area contributed by atoms with Crippen LogP contribution < -0.4 is 4.74 Å². The maximum absolute atomic E-state index is 10.9. The molecule has 0 unspecified atom stereocenters. The number of hydrogen-bond acceptors (Lipinski definition) is 2. The van der Waals surface area contributed by atoms with Crippen LogP contribution in [0.15, 0.2) is 42.5 Å². The van der Waals surface area contributed by atoms with Crippen LogP contribution in [0.3, 0.4) is 0 Å². The van der Waals surface area contributed by atoms with E-state index in [1.54, 1.807) is 18.2 Å². The van der Waals surface area contributed by atoms with E-state index in [0.717, 1.165) is 9.13 Å². The van der Waals surface area contributed by atoms with E-state index in [-0.39, 0.29) is 5.56 Å². The lowest BCUT2D eigenvalue weighted by atomic mass is 10.2. The number of carbonyl (C=O) groups is 1. The Morgan fingerprint density at radius 2 is 1.89 bits per heavy atom. The topological polar surface area (TPSA) is 46.5 Å². The molecule has 2 rings (SSSR count). The lowest BCUT2D eigenvalue weighted by Gasteiger charge is -2.09. The second-order valence-corrected chi connectivity index (χ2v) is 5.39. The molecule has 3 nitrogen and oxygen atoms in total. The summed E-state index contributed by atoms with van der Waals surface area (Å²) in [4.78, 5) is 10.9. The van der Waals surface area contributed by atoms with E-state index in [0.29, 0.717) is 12.4 Å². The second kappa shape index (κ2) is 6.06. The first-order valence-electron chi connectivity index (χ1n) is 5.77. The summed E-state index contributed by atoms with van der Waals surface area (Å²) >= 11 is 2.13. The van der Waals surface area contributed by atoms with Crippen LogP contribution in [-0.2, 0) is 6.61 Å². The molecule has 0 heterocycles. The van der Waals surface area contributed by atoms with Gasteiger partial charge >= 0.3 is 5.97 Å². The number of hydrogen-bond donors (Lipinski definition) is 1. The molecule has 0 saturated heterocycles. The van der Waals surface area contributed by atoms with Crippen molar-refractivity contribution in [2.45, 2.75) is 13.5 Å². The minimum atomic E-state index is -0.948. The van der Waals surface area contributed by atoms with Gasteiger partial charge in [0, 0.05) is 0 Å². The Kier molecular flexibility index (Phi) is 4.42. The average molecular weight is 368 g/mol. The number of aromatic carboxylic acids is 1. The van der Waals surface area contributed by atoms with Crippen molar-refractivity contribution in [1.29, 1.82) is 0 Å². The van der Waals surface area contributed by atoms with Crippen LogP contribution >= 0.6 is 22.6 Å². The van der Waals surface area contributed by atoms with E-state index in [2.05, 4.69) is 22.6 Å². The van der Waals surface area contributed by atoms with Crippen LogP contribution in [0.2, 0.25) is 0 Å². The molecule has 0 fully saturated rings. The zero-order valence-electron chi connectivity index (χ0n) is 10.4. The molecule has 0 amide bonds. The van der Waals surface area contributed by atoms with Crippen LogP contribution in [0, 0.1) is 10.5 Å². The summed E-state index contributed by atoms with van der Waals surface area (Å²) in [5, 5.41) is 8.96. The quantitative estimate of drug-likeness (QED) is 0.834. The van der Waals surface area contributed by atoms with Gasteiger partial charge in [-0.05, 0) is 53.3 Å². The van der Waals surface area contributed by atoms with E-state index in [1.165, 1.54) is 5.56 Å². The van der Waals surface area contributed by atoms with Gasteiger partial charge in [0.1, 0.15) is 12.4 Å². The molecular formula is C15H13IO3. The fourth-order valence-corrected chi connectivity index (χ4v) is 2.08. The number of aryl methyl sites for hydroxylation is 1. The van der Waals surface area contributed by atoms with E-state index in [9.17, 15) is 4.79 Å². The van der Waals surface area contributed by atoms with Gasteiger partial charge in [-0.3, -0.25) is 0 Å². The largest absolute Gasteiger partial charge is 0.488 e. The smallest absolute Gasteiger partial charge is 0.335 e. The van der Waals surface area contributed by atoms with Crippen LogP contribution in [-0.4, -0.2) is 11.1 Å². The summed E-state index contributed by atoms with van der Waals surface area (Å²) in [6.45, 7) is 2.46. The normalized spacial score (nSPS) is 10.2. The Hall–Kier alpha value is -1.56. The first-order chi connectivity index (χ1) is 9.06. The second-order valence-electron chi connectivity index (χ2n) is 4.22. The van der Waals surface area contributed by atoms with E-state index < -0.39 is 5.97 Å². The number of rotatable bonds is 4. The summed E-state index contributed by atoms with van der Waals surface area (Å²) in [5.74, 6) is -0.349. The summed E-state index contributed by atoms with van der Waals surface area (Å²) in [5.41, 5.74) is 2.49. The minimum absolute atomic E-state index is 0.235. The number of carboxylic acids is 1. The Labute approximate surface area is 125 Å². The highest BCUT2D eigenvalue weighted by Crippen LogP contribution is 2.23. The molecule has 0 saturated carbocycles. The number of halogens is 1. The van der Waals surface area contributed by atoms with Gasteiger partial charge in [0.05, 0.1) is 9.13 Å². The third-order valence-corrected chi connectivity index (χ3v) is 3.58. The zero-order valence-corrected chi connectivity index (χ0v) is 12.5. The minimum Gasteiger partial charge on any atom is -0.488 e. The predicted molar refractivity (Wildman–Crippen MR) is 81.6 cm³/mol. The molecule has 19 heavy (non-hydrogen) atoms. The van der Waals surface area contributed by atoms with Crippen molar-refractivity contribution in [3.8, 4) is 5.75 Å². The molecule has 2 aromatic carbocycles. The predicted octanol–water partition coefficient (Wildman–Crippen LogP) is 3.88. The highest BCUT2D eigenvalue weighted by Gasteiger charge is 2.08. The van der Waals surface area contributed by atoms with Crippen molar-refractivity contribution in [2.75, 3.05) is 0 Å². The monoisotopic (exact) mass is 368 g/mol. The molecular weight excluding hydrogens is 355 g/mol. The molecule has 0 aliphatic carbocycles. The van der Waals surface area contributed by atoms with E-state index in [1.807, 2.05) is 31.2 Å². The first-order valence-corrected chi connectivity index (χ1v) is 6.85. The van der Waals surface area contributed by atoms with Gasteiger partial charge < -0.3 is 9.84 Å². The van der Waals surface area contributed by atoms with Crippen LogP contribution in [0.5, 0.6) is 5.75 Å². The number of ether oxygens (including phenoxy) is 1. The molecule has 1 N–H and O–H groups in total. The molecule has 0 aliphatic heterocycles. The third kappa shape index (κ3) is 3.70. The van der Waals surface area contributed by atoms with E-state index >= 15 is 0 Å². The van der Waals surface area contributed by atoms with Crippen molar-refractivity contribution in [3.05, 3.63) is 62.7 Å². The molecule has 0 aromatic heterocycles. The maximum atomic E-state index is 10.9. The summed E-state index contributed by atoms with van der Waals surface area (Å²) in [7, 11) is 0. The van der Waals surface area contributed by atoms with Gasteiger partial charge in [0.15, 0.2) is 0 Å². The fraction of sp³-hybridized carbons (Fsp3) is 0.133. The lowest BCUT2D eigenvalue weighted by molar-refractivity contribution is 0.0696. The van der Waals surface area contributed by atoms with Crippen molar-refractivity contribution < 1.29 is 14.6 Å². The Morgan fingerprint density at radius 1 is 1.21 bits per heavy atom. The van der Waals surface area contributed by atoms with Crippen LogP contribution in [0.4, 0.5) is 0 Å². The molecule has 0 aliphatic rings. The van der Waals surface area contributed by atoms with Gasteiger partial charge in [0.25, 0.3) is 0 Å². The van der Waals surface area contributed by atoms with Gasteiger partial charge in [-0.25, -0.2) is 4.79 Å². The summed E-state index contributed by atoms with van der Waals surface area (Å²) in [6.07, 6.45) is 0. The Morgan fingerprint density at radius 3 is 2.53 bits per heavy atom. The SMILES string of the molecule is Cc1ccc(COc2cc(C(=O)O)ccc2I)cc1. The number of carboxylic acid groups (broad SMARTS) is 1. The van der Waals surface area contributed by atoms with Crippen molar-refractivity contribution in [3.63, 3.8) is 0 Å². The van der Waals surface area contributed by atoms with Crippen molar-refractivity contribution in [2.24, 2.45) is 0 Å². The standard InChI is InChI=1S/C15H13IO3/c1-10-2-4-11(5-3-10)9-19-14-8-12(15(17)18)6-7-13(14)16/h2-8H,9H2,1H3,(H,17,18). The van der Waals surface area contributed by atoms with Gasteiger partial charge in [0.2, 0.25) is 0 Å². The van der Waals surface area contributed by atoms with Crippen molar-refractivity contribution >= 4 is 28.6 Å². The average Bonchev–Trinajstić information content (AvgIpc) is 2.39. The Bertz CT molecular complexity index is 591. The summed E-state index contributed by atoms with van der Waals surface area (Å²) < 4.78 is 6.58.